The first-order chi connectivity index (χ1) is 11.4. The van der Waals surface area contributed by atoms with Crippen LogP contribution >= 0.6 is 23.4 Å². The third-order valence-corrected chi connectivity index (χ3v) is 5.00. The highest BCUT2D eigenvalue weighted by Gasteiger charge is 2.32. The van der Waals surface area contributed by atoms with E-state index in [4.69, 9.17) is 11.6 Å². The number of amides is 1. The topological polar surface area (TPSA) is 50.5 Å². The quantitative estimate of drug-likeness (QED) is 0.767. The lowest BCUT2D eigenvalue weighted by Gasteiger charge is -2.26. The normalized spacial score (nSPS) is 15.9. The van der Waals surface area contributed by atoms with Gasteiger partial charge in [0, 0.05) is 19.3 Å². The number of piperidine rings is 1. The Labute approximate surface area is 145 Å². The van der Waals surface area contributed by atoms with Gasteiger partial charge in [-0.05, 0) is 25.3 Å². The summed E-state index contributed by atoms with van der Waals surface area (Å²) in [5.41, 5.74) is -0.749. The summed E-state index contributed by atoms with van der Waals surface area (Å²) in [4.78, 5) is 13.9. The molecule has 0 N–H and O–H groups in total. The summed E-state index contributed by atoms with van der Waals surface area (Å²) in [7, 11) is 0. The van der Waals surface area contributed by atoms with Crippen LogP contribution in [0.5, 0.6) is 0 Å². The highest BCUT2D eigenvalue weighted by atomic mass is 35.5. The van der Waals surface area contributed by atoms with Gasteiger partial charge in [-0.25, -0.2) is 0 Å². The molecule has 3 rings (SSSR count). The number of nitrogens with zero attached hydrogens (tertiary/aromatic N) is 4. The van der Waals surface area contributed by atoms with Gasteiger partial charge in [0.05, 0.1) is 16.3 Å². The lowest BCUT2D eigenvalue weighted by Crippen LogP contribution is -2.36. The van der Waals surface area contributed by atoms with Crippen LogP contribution in [0, 0.1) is 0 Å². The first-order valence-electron chi connectivity index (χ1n) is 7.38. The third kappa shape index (κ3) is 3.61. The number of hydrogen-bond donors (Lipinski definition) is 0. The van der Waals surface area contributed by atoms with Gasteiger partial charge in [-0.3, -0.25) is 9.20 Å². The third-order valence-electron chi connectivity index (χ3n) is 3.79. The van der Waals surface area contributed by atoms with Crippen LogP contribution in [0.3, 0.4) is 0 Å². The van der Waals surface area contributed by atoms with Crippen molar-refractivity contribution in [2.45, 2.75) is 30.6 Å². The van der Waals surface area contributed by atoms with Gasteiger partial charge in [-0.2, -0.15) is 13.2 Å². The van der Waals surface area contributed by atoms with Gasteiger partial charge >= 0.3 is 6.18 Å². The Morgan fingerprint density at radius 3 is 2.62 bits per heavy atom. The Morgan fingerprint density at radius 2 is 1.96 bits per heavy atom. The average Bonchev–Trinajstić information content (AvgIpc) is 2.96. The van der Waals surface area contributed by atoms with Crippen LogP contribution < -0.4 is 0 Å². The minimum Gasteiger partial charge on any atom is -0.342 e. The minimum absolute atomic E-state index is 0.0467. The van der Waals surface area contributed by atoms with E-state index in [-0.39, 0.29) is 27.5 Å². The Balaban J connectivity index is 1.79. The van der Waals surface area contributed by atoms with E-state index >= 15 is 0 Å². The summed E-state index contributed by atoms with van der Waals surface area (Å²) < 4.78 is 39.9. The smallest absolute Gasteiger partial charge is 0.342 e. The zero-order valence-corrected chi connectivity index (χ0v) is 14.1. The fourth-order valence-electron chi connectivity index (χ4n) is 2.55. The van der Waals surface area contributed by atoms with Gasteiger partial charge in [-0.1, -0.05) is 23.4 Å². The highest BCUT2D eigenvalue weighted by Crippen LogP contribution is 2.33. The van der Waals surface area contributed by atoms with Crippen molar-refractivity contribution < 1.29 is 18.0 Å². The zero-order chi connectivity index (χ0) is 17.3. The second kappa shape index (κ2) is 6.79. The number of pyridine rings is 1. The molecular formula is C14H14ClF3N4OS. The summed E-state index contributed by atoms with van der Waals surface area (Å²) in [5, 5.41) is 7.73. The summed E-state index contributed by atoms with van der Waals surface area (Å²) in [6, 6.07) is 0.818. The zero-order valence-electron chi connectivity index (χ0n) is 12.5. The molecule has 1 saturated heterocycles. The molecule has 0 atom stereocenters. The number of fused-ring (bicyclic) bond motifs is 1. The van der Waals surface area contributed by atoms with E-state index < -0.39 is 11.7 Å². The monoisotopic (exact) mass is 378 g/mol. The van der Waals surface area contributed by atoms with E-state index in [1.165, 1.54) is 4.40 Å². The number of carbonyl (C=O) groups excluding carboxylic acids is 1. The fraction of sp³-hybridized carbons (Fsp3) is 0.500. The van der Waals surface area contributed by atoms with Gasteiger partial charge in [0.1, 0.15) is 0 Å². The van der Waals surface area contributed by atoms with Crippen LogP contribution in [-0.4, -0.2) is 44.2 Å². The number of halogens is 4. The number of aromatic nitrogens is 3. The molecule has 10 heteroatoms. The van der Waals surface area contributed by atoms with Crippen molar-refractivity contribution >= 4 is 34.9 Å². The van der Waals surface area contributed by atoms with Gasteiger partial charge in [0.25, 0.3) is 0 Å². The number of alkyl halides is 3. The molecule has 2 aromatic rings. The van der Waals surface area contributed by atoms with Crippen molar-refractivity contribution in [1.29, 1.82) is 0 Å². The molecule has 0 radical (unpaired) electrons. The molecule has 24 heavy (non-hydrogen) atoms. The van der Waals surface area contributed by atoms with E-state index in [1.54, 1.807) is 4.90 Å². The number of hydrogen-bond acceptors (Lipinski definition) is 4. The molecule has 0 aliphatic carbocycles. The van der Waals surface area contributed by atoms with E-state index in [0.29, 0.717) is 0 Å². The molecule has 1 amide bonds. The SMILES string of the molecule is O=C(CSc1nnc2c(Cl)cc(C(F)(F)F)cn12)N1CCCCC1. The van der Waals surface area contributed by atoms with Crippen molar-refractivity contribution in [2.75, 3.05) is 18.8 Å². The second-order valence-corrected chi connectivity index (χ2v) is 6.83. The molecule has 3 heterocycles. The van der Waals surface area contributed by atoms with Crippen LogP contribution in [0.25, 0.3) is 5.65 Å². The molecule has 5 nitrogen and oxygen atoms in total. The van der Waals surface area contributed by atoms with Crippen molar-refractivity contribution in [2.24, 2.45) is 0 Å². The number of likely N-dealkylation sites (tertiary alicyclic amines) is 1. The highest BCUT2D eigenvalue weighted by molar-refractivity contribution is 7.99. The van der Waals surface area contributed by atoms with Crippen LogP contribution in [0.4, 0.5) is 13.2 Å². The van der Waals surface area contributed by atoms with Crippen LogP contribution in [0.2, 0.25) is 5.02 Å². The van der Waals surface area contributed by atoms with Crippen LogP contribution in [0.15, 0.2) is 17.4 Å². The summed E-state index contributed by atoms with van der Waals surface area (Å²) >= 11 is 6.92. The molecule has 0 saturated carbocycles. The van der Waals surface area contributed by atoms with Crippen molar-refractivity contribution in [3.63, 3.8) is 0 Å². The second-order valence-electron chi connectivity index (χ2n) is 5.48. The van der Waals surface area contributed by atoms with Crippen molar-refractivity contribution in [3.05, 3.63) is 22.8 Å². The Kier molecular flexibility index (Phi) is 4.91. The maximum absolute atomic E-state index is 12.9. The molecule has 2 aromatic heterocycles. The molecule has 130 valence electrons. The van der Waals surface area contributed by atoms with Crippen LogP contribution in [0.1, 0.15) is 24.8 Å². The minimum atomic E-state index is -4.52. The molecule has 1 fully saturated rings. The summed E-state index contributed by atoms with van der Waals surface area (Å²) in [6.07, 6.45) is -0.545. The molecule has 0 aromatic carbocycles. The molecule has 0 spiro atoms. The maximum Gasteiger partial charge on any atom is 0.417 e. The first kappa shape index (κ1) is 17.3. The Bertz CT molecular complexity index is 758. The van der Waals surface area contributed by atoms with Crippen LogP contribution in [-0.2, 0) is 11.0 Å². The van der Waals surface area contributed by atoms with Crippen molar-refractivity contribution in [3.8, 4) is 0 Å². The van der Waals surface area contributed by atoms with E-state index in [2.05, 4.69) is 10.2 Å². The molecule has 1 aliphatic heterocycles. The lowest BCUT2D eigenvalue weighted by molar-refractivity contribution is -0.138. The fourth-order valence-corrected chi connectivity index (χ4v) is 3.61. The first-order valence-corrected chi connectivity index (χ1v) is 8.74. The average molecular weight is 379 g/mol. The standard InChI is InChI=1S/C14H14ClF3N4OS/c15-10-6-9(14(16,17)18)7-22-12(10)19-20-13(22)24-8-11(23)21-4-2-1-3-5-21/h6-7H,1-5,8H2. The molecule has 1 aliphatic rings. The number of rotatable bonds is 3. The Hall–Kier alpha value is -1.48. The van der Waals surface area contributed by atoms with Gasteiger partial charge in [-0.15, -0.1) is 10.2 Å². The molecule has 0 bridgehead atoms. The number of thioether (sulfide) groups is 1. The summed E-state index contributed by atoms with van der Waals surface area (Å²) in [5.74, 6) is 0.0591. The maximum atomic E-state index is 12.9. The van der Waals surface area contributed by atoms with E-state index in [9.17, 15) is 18.0 Å². The molecule has 0 unspecified atom stereocenters. The molecular weight excluding hydrogens is 365 g/mol. The van der Waals surface area contributed by atoms with Gasteiger partial charge in [0.2, 0.25) is 5.91 Å². The van der Waals surface area contributed by atoms with Crippen molar-refractivity contribution in [1.82, 2.24) is 19.5 Å². The van der Waals surface area contributed by atoms with E-state index in [0.717, 1.165) is 56.4 Å². The summed E-state index contributed by atoms with van der Waals surface area (Å²) in [6.45, 7) is 1.45. The lowest BCUT2D eigenvalue weighted by atomic mass is 10.1. The van der Waals surface area contributed by atoms with Gasteiger partial charge < -0.3 is 4.90 Å². The number of carbonyl (C=O) groups is 1. The Morgan fingerprint density at radius 1 is 1.25 bits per heavy atom. The predicted molar refractivity (Wildman–Crippen MR) is 84.2 cm³/mol. The van der Waals surface area contributed by atoms with E-state index in [1.807, 2.05) is 0 Å². The largest absolute Gasteiger partial charge is 0.417 e. The van der Waals surface area contributed by atoms with Gasteiger partial charge in [0.15, 0.2) is 10.8 Å². The predicted octanol–water partition coefficient (Wildman–Crippen LogP) is 3.51.